The highest BCUT2D eigenvalue weighted by atomic mass is 32.2. The van der Waals surface area contributed by atoms with Crippen molar-refractivity contribution in [3.63, 3.8) is 0 Å². The van der Waals surface area contributed by atoms with Crippen LogP contribution in [0.3, 0.4) is 0 Å². The molecule has 10 heteroatoms. The first kappa shape index (κ1) is 23.7. The van der Waals surface area contributed by atoms with Crippen molar-refractivity contribution in [2.75, 3.05) is 6.61 Å². The van der Waals surface area contributed by atoms with Gasteiger partial charge in [0.15, 0.2) is 28.5 Å². The average molecular weight is 464 g/mol. The Bertz CT molecular complexity index is 1190. The van der Waals surface area contributed by atoms with E-state index in [0.717, 1.165) is 16.8 Å². The summed E-state index contributed by atoms with van der Waals surface area (Å²) in [6.45, 7) is 3.23. The third-order valence-electron chi connectivity index (χ3n) is 4.60. The normalized spacial score (nSPS) is 12.6. The van der Waals surface area contributed by atoms with Gasteiger partial charge in [0, 0.05) is 18.1 Å². The largest absolute Gasteiger partial charge is 0.487 e. The van der Waals surface area contributed by atoms with Crippen LogP contribution in [0.15, 0.2) is 53.5 Å². The number of aliphatic hydroxyl groups is 1. The summed E-state index contributed by atoms with van der Waals surface area (Å²) >= 11 is -1.99. The molecule has 0 saturated carbocycles. The van der Waals surface area contributed by atoms with E-state index in [1.165, 1.54) is 12.3 Å². The number of benzene rings is 2. The fourth-order valence-electron chi connectivity index (χ4n) is 2.91. The zero-order valence-electron chi connectivity index (χ0n) is 17.4. The van der Waals surface area contributed by atoms with Crippen molar-refractivity contribution in [3.05, 3.63) is 76.2 Å². The molecule has 0 spiro atoms. The molecule has 0 aliphatic heterocycles. The van der Waals surface area contributed by atoms with Crippen LogP contribution in [0.5, 0.6) is 5.75 Å². The van der Waals surface area contributed by atoms with Crippen LogP contribution in [0.1, 0.15) is 25.8 Å². The Kier molecular flexibility index (Phi) is 7.17. The van der Waals surface area contributed by atoms with Crippen molar-refractivity contribution in [2.45, 2.75) is 31.6 Å². The molecule has 0 amide bonds. The summed E-state index contributed by atoms with van der Waals surface area (Å²) in [6.07, 6.45) is 1.60. The molecular weight excluding hydrogens is 442 g/mol. The van der Waals surface area contributed by atoms with Gasteiger partial charge in [-0.1, -0.05) is 24.3 Å². The second-order valence-electron chi connectivity index (χ2n) is 7.78. The molecule has 2 aromatic carbocycles. The Labute approximate surface area is 185 Å². The summed E-state index contributed by atoms with van der Waals surface area (Å²) in [4.78, 5) is 13.2. The summed E-state index contributed by atoms with van der Waals surface area (Å²) < 4.78 is 53.7. The minimum atomic E-state index is -1.99. The molecule has 0 fully saturated rings. The average Bonchev–Trinajstić information content (AvgIpc) is 2.71. The molecule has 170 valence electrons. The first-order chi connectivity index (χ1) is 15.0. The minimum Gasteiger partial charge on any atom is -0.487 e. The van der Waals surface area contributed by atoms with Crippen LogP contribution in [0.4, 0.5) is 8.78 Å². The number of aromatic nitrogens is 2. The maximum Gasteiger partial charge on any atom is 0.314 e. The van der Waals surface area contributed by atoms with Crippen molar-refractivity contribution < 1.29 is 27.4 Å². The lowest BCUT2D eigenvalue weighted by atomic mass is 10.1. The van der Waals surface area contributed by atoms with Gasteiger partial charge in [-0.3, -0.25) is 4.79 Å². The predicted molar refractivity (Wildman–Crippen MR) is 116 cm³/mol. The van der Waals surface area contributed by atoms with Crippen molar-refractivity contribution in [3.8, 4) is 22.6 Å². The van der Waals surface area contributed by atoms with Gasteiger partial charge in [-0.2, -0.15) is 9.78 Å². The van der Waals surface area contributed by atoms with Gasteiger partial charge in [0.1, 0.15) is 0 Å². The summed E-state index contributed by atoms with van der Waals surface area (Å²) in [5.74, 6) is -2.29. The molecule has 0 aliphatic rings. The molecule has 1 aromatic heterocycles. The second-order valence-corrected chi connectivity index (χ2v) is 8.71. The lowest BCUT2D eigenvalue weighted by molar-refractivity contribution is 0.0551. The Morgan fingerprint density at radius 1 is 1.12 bits per heavy atom. The van der Waals surface area contributed by atoms with Crippen molar-refractivity contribution in [1.29, 1.82) is 0 Å². The molecular formula is C22H22F2N2O5S. The van der Waals surface area contributed by atoms with Gasteiger partial charge in [0.2, 0.25) is 0 Å². The highest BCUT2D eigenvalue weighted by Gasteiger charge is 2.19. The number of hydrogen-bond acceptors (Lipinski definition) is 5. The zero-order valence-corrected chi connectivity index (χ0v) is 18.2. The molecule has 0 aliphatic carbocycles. The van der Waals surface area contributed by atoms with Crippen molar-refractivity contribution in [2.24, 2.45) is 0 Å². The third-order valence-corrected chi connectivity index (χ3v) is 5.18. The lowest BCUT2D eigenvalue weighted by Gasteiger charge is -2.18. The quantitative estimate of drug-likeness (QED) is 0.495. The Morgan fingerprint density at radius 3 is 2.41 bits per heavy atom. The number of rotatable bonds is 8. The van der Waals surface area contributed by atoms with E-state index in [-0.39, 0.29) is 30.2 Å². The first-order valence-electron chi connectivity index (χ1n) is 9.65. The van der Waals surface area contributed by atoms with E-state index >= 15 is 0 Å². The van der Waals surface area contributed by atoms with Crippen LogP contribution in [0, 0.1) is 11.6 Å². The number of halogens is 2. The highest BCUT2D eigenvalue weighted by Crippen LogP contribution is 2.28. The minimum absolute atomic E-state index is 0.0218. The van der Waals surface area contributed by atoms with E-state index < -0.39 is 33.9 Å². The Hall–Kier alpha value is -2.95. The molecule has 32 heavy (non-hydrogen) atoms. The van der Waals surface area contributed by atoms with Gasteiger partial charge >= 0.3 is 5.56 Å². The van der Waals surface area contributed by atoms with Gasteiger partial charge in [-0.05, 0) is 37.1 Å². The van der Waals surface area contributed by atoms with Crippen molar-refractivity contribution >= 4 is 11.1 Å². The molecule has 3 rings (SSSR count). The molecule has 1 heterocycles. The van der Waals surface area contributed by atoms with E-state index in [2.05, 4.69) is 5.10 Å². The second kappa shape index (κ2) is 9.68. The van der Waals surface area contributed by atoms with E-state index in [1.807, 2.05) is 0 Å². The smallest absolute Gasteiger partial charge is 0.314 e. The summed E-state index contributed by atoms with van der Waals surface area (Å²) in [5.41, 5.74) is -0.145. The monoisotopic (exact) mass is 464 g/mol. The van der Waals surface area contributed by atoms with Crippen LogP contribution in [-0.2, 0) is 16.8 Å². The Balaban J connectivity index is 2.05. The molecule has 7 nitrogen and oxygen atoms in total. The third kappa shape index (κ3) is 5.84. The van der Waals surface area contributed by atoms with Crippen LogP contribution >= 0.6 is 0 Å². The van der Waals surface area contributed by atoms with E-state index in [0.29, 0.717) is 16.7 Å². The molecule has 2 N–H and O–H groups in total. The van der Waals surface area contributed by atoms with Crippen LogP contribution in [0.2, 0.25) is 0 Å². The lowest BCUT2D eigenvalue weighted by Crippen LogP contribution is -2.26. The topological polar surface area (TPSA) is 102 Å². The van der Waals surface area contributed by atoms with E-state index in [4.69, 9.17) is 9.29 Å². The molecule has 1 atom stereocenters. The molecule has 3 aromatic rings. The van der Waals surface area contributed by atoms with E-state index in [1.54, 1.807) is 38.1 Å². The summed E-state index contributed by atoms with van der Waals surface area (Å²) in [7, 11) is 0. The number of ether oxygens (including phenoxy) is 1. The fourth-order valence-corrected chi connectivity index (χ4v) is 3.39. The van der Waals surface area contributed by atoms with E-state index in [9.17, 15) is 22.9 Å². The first-order valence-corrected chi connectivity index (χ1v) is 10.9. The molecule has 0 bridgehead atoms. The summed E-state index contributed by atoms with van der Waals surface area (Å²) in [5, 5.41) is 14.0. The van der Waals surface area contributed by atoms with Gasteiger partial charge in [-0.15, -0.1) is 0 Å². The molecule has 0 saturated heterocycles. The number of nitrogens with zero attached hydrogens (tertiary/aromatic N) is 2. The fraction of sp³-hybridized carbons (Fsp3) is 0.273. The van der Waals surface area contributed by atoms with Crippen LogP contribution in [-0.4, -0.2) is 35.9 Å². The van der Waals surface area contributed by atoms with Crippen LogP contribution in [0.25, 0.3) is 16.8 Å². The number of hydrogen-bond donors (Lipinski definition) is 2. The maximum atomic E-state index is 13.7. The SMILES string of the molecule is CC(C)(O)CCOc1c(-c2ccc(CS(=O)O)cc2)cnn(-c2ccc(F)c(F)c2)c1=O. The zero-order chi connectivity index (χ0) is 23.5. The van der Waals surface area contributed by atoms with Gasteiger partial charge in [0.05, 0.1) is 29.8 Å². The van der Waals surface area contributed by atoms with Gasteiger partial charge in [-0.25, -0.2) is 13.0 Å². The van der Waals surface area contributed by atoms with Crippen LogP contribution < -0.4 is 10.3 Å². The molecule has 1 unspecified atom stereocenters. The molecule has 0 radical (unpaired) electrons. The van der Waals surface area contributed by atoms with Gasteiger partial charge < -0.3 is 14.4 Å². The van der Waals surface area contributed by atoms with Crippen molar-refractivity contribution in [1.82, 2.24) is 9.78 Å². The standard InChI is InChI=1S/C22H22F2N2O5S/c1-22(2,28)9-10-31-20-17(15-5-3-14(4-6-15)13-32(29)30)12-25-26(21(20)27)16-7-8-18(23)19(24)11-16/h3-8,11-12,28H,9-10,13H2,1-2H3,(H,29,30). The maximum absolute atomic E-state index is 13.7. The predicted octanol–water partition coefficient (Wildman–Crippen LogP) is 3.44. The summed E-state index contributed by atoms with van der Waals surface area (Å²) in [6, 6.07) is 9.57. The Morgan fingerprint density at radius 2 is 1.81 bits per heavy atom. The highest BCUT2D eigenvalue weighted by molar-refractivity contribution is 7.78. The van der Waals surface area contributed by atoms with Gasteiger partial charge in [0.25, 0.3) is 0 Å².